The van der Waals surface area contributed by atoms with E-state index < -0.39 is 0 Å². The second kappa shape index (κ2) is 18.5. The van der Waals surface area contributed by atoms with E-state index in [1.54, 1.807) is 0 Å². The fourth-order valence-corrected chi connectivity index (χ4v) is 9.59. The summed E-state index contributed by atoms with van der Waals surface area (Å²) in [4.78, 5) is 5.23. The van der Waals surface area contributed by atoms with Crippen molar-refractivity contribution < 1.29 is 30.4 Å². The number of rotatable bonds is 9. The normalized spacial score (nSPS) is 12.3. The van der Waals surface area contributed by atoms with Gasteiger partial charge >= 0.3 is 0 Å². The van der Waals surface area contributed by atoms with Gasteiger partial charge < -0.3 is 13.9 Å². The van der Waals surface area contributed by atoms with Crippen LogP contribution in [0.15, 0.2) is 194 Å². The number of fused-ring (bicyclic) bond motifs is 4. The number of pyridine rings is 1. The monoisotopic (exact) mass is 1090 g/mol. The van der Waals surface area contributed by atoms with E-state index in [0.717, 1.165) is 83.4 Å². The number of aromatic nitrogens is 4. The van der Waals surface area contributed by atoms with Gasteiger partial charge in [-0.2, -0.15) is 18.2 Å². The first kappa shape index (κ1) is 46.4. The predicted molar refractivity (Wildman–Crippen MR) is 283 cm³/mol. The molecule has 0 N–H and O–H groups in total. The third kappa shape index (κ3) is 8.58. The van der Waals surface area contributed by atoms with E-state index in [1.807, 2.05) is 18.2 Å². The molecule has 0 aliphatic rings. The molecule has 348 valence electrons. The Morgan fingerprint density at radius 2 is 1.16 bits per heavy atom. The third-order valence-corrected chi connectivity index (χ3v) is 13.7. The smallest absolute Gasteiger partial charge is 0.268 e. The van der Waals surface area contributed by atoms with Gasteiger partial charge in [0, 0.05) is 49.8 Å². The van der Waals surface area contributed by atoms with Crippen LogP contribution in [-0.2, 0) is 26.5 Å². The minimum atomic E-state index is -0.0294. The minimum absolute atomic E-state index is 0. The second-order valence-corrected chi connectivity index (χ2v) is 20.2. The molecule has 1 atom stereocenters. The van der Waals surface area contributed by atoms with Gasteiger partial charge in [0.05, 0.1) is 16.7 Å². The topological polar surface area (TPSA) is 35.9 Å². The fraction of sp³-hybridized carbons (Fsp3) is 0.156. The van der Waals surface area contributed by atoms with Crippen molar-refractivity contribution in [2.24, 2.45) is 5.41 Å². The maximum atomic E-state index is 6.78. The molecule has 0 amide bonds. The van der Waals surface area contributed by atoms with Crippen LogP contribution >= 0.6 is 0 Å². The number of ether oxygens (including phenoxy) is 1. The molecule has 1 unspecified atom stereocenters. The molecule has 0 aliphatic carbocycles. The molecule has 6 heteroatoms. The Morgan fingerprint density at radius 3 is 1.80 bits per heavy atom. The number of hydrogen-bond acceptors (Lipinski definition) is 2. The molecule has 3 heterocycles. The van der Waals surface area contributed by atoms with Crippen molar-refractivity contribution in [1.82, 2.24) is 14.1 Å². The summed E-state index contributed by atoms with van der Waals surface area (Å²) in [6, 6.07) is 73.4. The van der Waals surface area contributed by atoms with E-state index in [1.165, 1.54) is 11.1 Å². The molecule has 8 aromatic carbocycles. The Bertz CT molecular complexity index is 3610. The standard InChI is InChI=1S/C64H54N4O.Pt/c1-43(63(2,3)4)54-40-61(65-41-56(54)46-25-15-10-16-26-46)68-57-36-33-47(64(5,6)7)37-55(57)53-35-34-50(39-60(53)68)69-49-28-19-27-48(38-49)66-42-67(59-32-18-17-31-58(59)66)62-51(44-21-11-8-12-22-44)29-20-30-52(62)45-23-13-9-14-24-45;/h8-37,40-41,43H,1-7H3;/q-2;. The van der Waals surface area contributed by atoms with E-state index in [2.05, 4.69) is 257 Å². The molecule has 70 heavy (non-hydrogen) atoms. The quantitative estimate of drug-likeness (QED) is 0.107. The van der Waals surface area contributed by atoms with E-state index in [-0.39, 0.29) is 37.8 Å². The zero-order valence-electron chi connectivity index (χ0n) is 40.6. The van der Waals surface area contributed by atoms with Gasteiger partial charge in [0.25, 0.3) is 6.33 Å². The molecule has 5 nitrogen and oxygen atoms in total. The van der Waals surface area contributed by atoms with E-state index in [4.69, 9.17) is 9.72 Å². The first-order valence-corrected chi connectivity index (χ1v) is 23.9. The molecule has 3 aromatic heterocycles. The van der Waals surface area contributed by atoms with Crippen molar-refractivity contribution in [3.63, 3.8) is 0 Å². The van der Waals surface area contributed by atoms with Gasteiger partial charge in [-0.25, -0.2) is 4.98 Å². The Hall–Kier alpha value is -7.33. The maximum absolute atomic E-state index is 6.78. The minimum Gasteiger partial charge on any atom is -0.510 e. The van der Waals surface area contributed by atoms with E-state index >= 15 is 0 Å². The second-order valence-electron chi connectivity index (χ2n) is 20.2. The first-order chi connectivity index (χ1) is 33.4. The summed E-state index contributed by atoms with van der Waals surface area (Å²) < 4.78 is 13.3. The third-order valence-electron chi connectivity index (χ3n) is 13.7. The average Bonchev–Trinajstić information content (AvgIpc) is 3.91. The summed E-state index contributed by atoms with van der Waals surface area (Å²) in [5.74, 6) is 2.24. The average molecular weight is 1090 g/mol. The van der Waals surface area contributed by atoms with Crippen LogP contribution in [0.4, 0.5) is 0 Å². The van der Waals surface area contributed by atoms with Gasteiger partial charge in [0.2, 0.25) is 0 Å². The van der Waals surface area contributed by atoms with Crippen LogP contribution in [0.5, 0.6) is 11.5 Å². The summed E-state index contributed by atoms with van der Waals surface area (Å²) in [6.07, 6.45) is 5.83. The van der Waals surface area contributed by atoms with Crippen LogP contribution in [0.25, 0.3) is 83.4 Å². The molecule has 0 fully saturated rings. The molecule has 0 saturated carbocycles. The molecule has 11 rings (SSSR count). The van der Waals surface area contributed by atoms with Crippen molar-refractivity contribution in [2.45, 2.75) is 59.8 Å². The molecule has 0 aliphatic heterocycles. The van der Waals surface area contributed by atoms with Gasteiger partial charge in [0.1, 0.15) is 5.82 Å². The van der Waals surface area contributed by atoms with Crippen LogP contribution in [-0.4, -0.2) is 14.1 Å². The van der Waals surface area contributed by atoms with Crippen molar-refractivity contribution in [3.8, 4) is 62.1 Å². The number of benzene rings is 8. The predicted octanol–water partition coefficient (Wildman–Crippen LogP) is 16.0. The van der Waals surface area contributed by atoms with Crippen molar-refractivity contribution in [3.05, 3.63) is 224 Å². The van der Waals surface area contributed by atoms with Crippen molar-refractivity contribution >= 4 is 32.8 Å². The van der Waals surface area contributed by atoms with Gasteiger partial charge in [-0.1, -0.05) is 200 Å². The molecule has 0 spiro atoms. The van der Waals surface area contributed by atoms with E-state index in [9.17, 15) is 0 Å². The van der Waals surface area contributed by atoms with Gasteiger partial charge in [0.15, 0.2) is 0 Å². The largest absolute Gasteiger partial charge is 0.510 e. The summed E-state index contributed by atoms with van der Waals surface area (Å²) in [6.45, 7) is 16.1. The van der Waals surface area contributed by atoms with E-state index in [0.29, 0.717) is 11.5 Å². The van der Waals surface area contributed by atoms with Crippen molar-refractivity contribution in [2.75, 3.05) is 0 Å². The summed E-state index contributed by atoms with van der Waals surface area (Å²) in [5.41, 5.74) is 15.1. The van der Waals surface area contributed by atoms with Crippen LogP contribution < -0.4 is 9.30 Å². The Balaban J connectivity index is 0.00000567. The van der Waals surface area contributed by atoms with Crippen LogP contribution in [0.3, 0.4) is 0 Å². The summed E-state index contributed by atoms with van der Waals surface area (Å²) in [5, 5.41) is 2.24. The Labute approximate surface area is 426 Å². The Morgan fingerprint density at radius 1 is 0.557 bits per heavy atom. The zero-order chi connectivity index (χ0) is 47.4. The first-order valence-electron chi connectivity index (χ1n) is 23.9. The SMILES string of the molecule is CC(c1cc(-n2c3[c-]c(Oc4[c-]c(-n5[c-][n+](-c6c(-c7ccccc7)cccc6-c6ccccc6)c6ccccc65)ccc4)ccc3c3cc(C(C)(C)C)ccc32)ncc1-c1ccccc1)C(C)(C)C.[Pt]. The van der Waals surface area contributed by atoms with Gasteiger partial charge in [-0.15, -0.1) is 29.7 Å². The zero-order valence-corrected chi connectivity index (χ0v) is 42.8. The van der Waals surface area contributed by atoms with Gasteiger partial charge in [-0.3, -0.25) is 4.57 Å². The fourth-order valence-electron chi connectivity index (χ4n) is 9.59. The van der Waals surface area contributed by atoms with Crippen LogP contribution in [0.2, 0.25) is 0 Å². The van der Waals surface area contributed by atoms with Gasteiger partial charge in [-0.05, 0) is 78.9 Å². The molecule has 0 bridgehead atoms. The number of nitrogens with zero attached hydrogens (tertiary/aromatic N) is 4. The summed E-state index contributed by atoms with van der Waals surface area (Å²) in [7, 11) is 0. The molecule has 0 saturated heterocycles. The molecular weight excluding hydrogens is 1040 g/mol. The van der Waals surface area contributed by atoms with Crippen molar-refractivity contribution in [1.29, 1.82) is 0 Å². The molecule has 11 aromatic rings. The van der Waals surface area contributed by atoms with Crippen LogP contribution in [0, 0.1) is 23.9 Å². The number of imidazole rings is 1. The molecule has 0 radical (unpaired) electrons. The maximum Gasteiger partial charge on any atom is 0.268 e. The number of hydrogen-bond donors (Lipinski definition) is 0. The summed E-state index contributed by atoms with van der Waals surface area (Å²) >= 11 is 0. The Kier molecular flexibility index (Phi) is 12.3. The number of para-hydroxylation sites is 3. The molecular formula is C64H54N4OPt-2. The van der Waals surface area contributed by atoms with Crippen LogP contribution in [0.1, 0.15) is 65.5 Å².